The number of fused-ring (bicyclic) bond motifs is 1. The van der Waals surface area contributed by atoms with Crippen molar-refractivity contribution in [3.63, 3.8) is 0 Å². The fourth-order valence-electron chi connectivity index (χ4n) is 3.28. The van der Waals surface area contributed by atoms with Crippen molar-refractivity contribution < 1.29 is 13.2 Å². The Hall–Kier alpha value is -2.38. The van der Waals surface area contributed by atoms with Gasteiger partial charge in [-0.05, 0) is 67.6 Å². The van der Waals surface area contributed by atoms with Crippen molar-refractivity contribution in [2.45, 2.75) is 36.6 Å². The molecule has 0 atom stereocenters. The highest BCUT2D eigenvalue weighted by molar-refractivity contribution is 7.89. The Morgan fingerprint density at radius 3 is 2.54 bits per heavy atom. The van der Waals surface area contributed by atoms with Crippen molar-refractivity contribution in [1.29, 1.82) is 0 Å². The number of nitrogen functional groups attached to an aromatic ring is 1. The Bertz CT molecular complexity index is 950. The van der Waals surface area contributed by atoms with Crippen LogP contribution in [0.1, 0.15) is 35.2 Å². The molecule has 0 bridgehead atoms. The normalized spacial score (nSPS) is 17.0. The predicted octanol–water partition coefficient (Wildman–Crippen LogP) is 2.30. The van der Waals surface area contributed by atoms with Gasteiger partial charge in [-0.1, -0.05) is 6.07 Å². The second kappa shape index (κ2) is 6.41. The highest BCUT2D eigenvalue weighted by Crippen LogP contribution is 2.32. The van der Waals surface area contributed by atoms with E-state index in [4.69, 9.17) is 5.73 Å². The van der Waals surface area contributed by atoms with Gasteiger partial charge in [-0.25, -0.2) is 13.1 Å². The summed E-state index contributed by atoms with van der Waals surface area (Å²) >= 11 is 0. The first-order valence-corrected chi connectivity index (χ1v) is 10.3. The predicted molar refractivity (Wildman–Crippen MR) is 101 cm³/mol. The zero-order chi connectivity index (χ0) is 18.3. The van der Waals surface area contributed by atoms with Crippen LogP contribution in [0.25, 0.3) is 0 Å². The van der Waals surface area contributed by atoms with E-state index in [1.165, 1.54) is 12.1 Å². The second-order valence-electron chi connectivity index (χ2n) is 6.83. The molecule has 136 valence electrons. The first kappa shape index (κ1) is 17.1. The van der Waals surface area contributed by atoms with Gasteiger partial charge in [0.1, 0.15) is 0 Å². The van der Waals surface area contributed by atoms with E-state index in [0.717, 1.165) is 36.9 Å². The number of nitrogens with one attached hydrogen (secondary N) is 1. The average Bonchev–Trinajstić information content (AvgIpc) is 3.44. The van der Waals surface area contributed by atoms with Crippen LogP contribution in [0.5, 0.6) is 0 Å². The van der Waals surface area contributed by atoms with E-state index >= 15 is 0 Å². The molecule has 1 aliphatic heterocycles. The largest absolute Gasteiger partial charge is 0.398 e. The molecule has 1 amide bonds. The quantitative estimate of drug-likeness (QED) is 0.807. The molecule has 1 aliphatic carbocycles. The third kappa shape index (κ3) is 3.20. The summed E-state index contributed by atoms with van der Waals surface area (Å²) in [5, 5.41) is 0. The van der Waals surface area contributed by atoms with Gasteiger partial charge in [0.05, 0.1) is 4.90 Å². The van der Waals surface area contributed by atoms with Gasteiger partial charge in [0.15, 0.2) is 0 Å². The molecule has 1 heterocycles. The highest BCUT2D eigenvalue weighted by atomic mass is 32.2. The number of nitrogens with zero attached hydrogens (tertiary/aromatic N) is 1. The number of rotatable bonds is 4. The van der Waals surface area contributed by atoms with Crippen molar-refractivity contribution in [2.75, 3.05) is 17.2 Å². The minimum absolute atomic E-state index is 0.0524. The maximum Gasteiger partial charge on any atom is 0.258 e. The fraction of sp³-hybridized carbons (Fsp3) is 0.316. The van der Waals surface area contributed by atoms with E-state index in [2.05, 4.69) is 4.72 Å². The van der Waals surface area contributed by atoms with Gasteiger partial charge >= 0.3 is 0 Å². The number of sulfonamides is 1. The summed E-state index contributed by atoms with van der Waals surface area (Å²) in [5.74, 6) is -0.143. The average molecular weight is 371 g/mol. The van der Waals surface area contributed by atoms with Crippen LogP contribution in [-0.4, -0.2) is 26.9 Å². The number of anilines is 2. The lowest BCUT2D eigenvalue weighted by Gasteiger charge is -2.30. The number of nitrogens with two attached hydrogens (primary N) is 1. The second-order valence-corrected chi connectivity index (χ2v) is 8.54. The molecule has 0 saturated heterocycles. The number of carbonyl (C=O) groups is 1. The van der Waals surface area contributed by atoms with Crippen LogP contribution >= 0.6 is 0 Å². The maximum absolute atomic E-state index is 12.9. The van der Waals surface area contributed by atoms with E-state index in [-0.39, 0.29) is 16.8 Å². The van der Waals surface area contributed by atoms with Gasteiger partial charge in [-0.3, -0.25) is 4.79 Å². The molecular formula is C19H21N3O3S. The van der Waals surface area contributed by atoms with Crippen molar-refractivity contribution in [3.05, 3.63) is 53.6 Å². The molecule has 2 aromatic rings. The molecular weight excluding hydrogens is 350 g/mol. The first-order valence-electron chi connectivity index (χ1n) is 8.77. The molecule has 6 nitrogen and oxygen atoms in total. The van der Waals surface area contributed by atoms with Crippen molar-refractivity contribution in [1.82, 2.24) is 4.72 Å². The monoisotopic (exact) mass is 371 g/mol. The van der Waals surface area contributed by atoms with Crippen molar-refractivity contribution in [3.8, 4) is 0 Å². The lowest BCUT2D eigenvalue weighted by Crippen LogP contribution is -2.35. The lowest BCUT2D eigenvalue weighted by molar-refractivity contribution is 0.0985. The SMILES string of the molecule is Nc1cccc2c1CCCN2C(=O)c1ccc(S(=O)(=O)NC2CC2)cc1. The van der Waals surface area contributed by atoms with E-state index < -0.39 is 10.0 Å². The van der Waals surface area contributed by atoms with Gasteiger partial charge in [-0.2, -0.15) is 0 Å². The maximum atomic E-state index is 12.9. The van der Waals surface area contributed by atoms with Gasteiger partial charge in [-0.15, -0.1) is 0 Å². The summed E-state index contributed by atoms with van der Waals surface area (Å²) in [6.07, 6.45) is 3.47. The molecule has 2 aromatic carbocycles. The Labute approximate surface area is 153 Å². The van der Waals surface area contributed by atoms with Crippen molar-refractivity contribution in [2.24, 2.45) is 0 Å². The fourth-order valence-corrected chi connectivity index (χ4v) is 4.59. The van der Waals surface area contributed by atoms with Crippen LogP contribution in [0.4, 0.5) is 11.4 Å². The third-order valence-electron chi connectivity index (χ3n) is 4.84. The van der Waals surface area contributed by atoms with Crippen molar-refractivity contribution >= 4 is 27.3 Å². The summed E-state index contributed by atoms with van der Waals surface area (Å²) in [6.45, 7) is 0.624. The van der Waals surface area contributed by atoms with Crippen LogP contribution < -0.4 is 15.4 Å². The minimum atomic E-state index is -3.51. The molecule has 3 N–H and O–H groups in total. The van der Waals surface area contributed by atoms with E-state index in [1.54, 1.807) is 17.0 Å². The first-order chi connectivity index (χ1) is 12.5. The smallest absolute Gasteiger partial charge is 0.258 e. The molecule has 7 heteroatoms. The Balaban J connectivity index is 1.59. The zero-order valence-electron chi connectivity index (χ0n) is 14.3. The van der Waals surface area contributed by atoms with E-state index in [0.29, 0.717) is 17.8 Å². The summed E-state index contributed by atoms with van der Waals surface area (Å²) < 4.78 is 27.1. The third-order valence-corrected chi connectivity index (χ3v) is 6.38. The zero-order valence-corrected chi connectivity index (χ0v) is 15.1. The lowest BCUT2D eigenvalue weighted by atomic mass is 9.99. The minimum Gasteiger partial charge on any atom is -0.398 e. The van der Waals surface area contributed by atoms with Crippen LogP contribution in [0.2, 0.25) is 0 Å². The summed E-state index contributed by atoms with van der Waals surface area (Å²) in [6, 6.07) is 11.8. The number of hydrogen-bond acceptors (Lipinski definition) is 4. The van der Waals surface area contributed by atoms with Crippen LogP contribution in [0.3, 0.4) is 0 Å². The summed E-state index contributed by atoms with van der Waals surface area (Å²) in [7, 11) is -3.51. The molecule has 0 spiro atoms. The number of carbonyl (C=O) groups excluding carboxylic acids is 1. The van der Waals surface area contributed by atoms with Crippen LogP contribution in [0, 0.1) is 0 Å². The molecule has 0 unspecified atom stereocenters. The van der Waals surface area contributed by atoms with Gasteiger partial charge in [0.25, 0.3) is 5.91 Å². The highest BCUT2D eigenvalue weighted by Gasteiger charge is 2.29. The molecule has 0 radical (unpaired) electrons. The summed E-state index contributed by atoms with van der Waals surface area (Å²) in [5.41, 5.74) is 9.05. The molecule has 2 aliphatic rings. The molecule has 1 fully saturated rings. The van der Waals surface area contributed by atoms with Gasteiger partial charge in [0.2, 0.25) is 10.0 Å². The number of amides is 1. The van der Waals surface area contributed by atoms with E-state index in [9.17, 15) is 13.2 Å². The molecule has 0 aromatic heterocycles. The van der Waals surface area contributed by atoms with Gasteiger partial charge in [0, 0.05) is 29.5 Å². The molecule has 26 heavy (non-hydrogen) atoms. The number of benzene rings is 2. The number of hydrogen-bond donors (Lipinski definition) is 2. The Kier molecular flexibility index (Phi) is 4.20. The standard InChI is InChI=1S/C19H21N3O3S/c20-17-4-1-5-18-16(17)3-2-12-22(18)19(23)13-6-10-15(11-7-13)26(24,25)21-14-8-9-14/h1,4-7,10-11,14,21H,2-3,8-9,12,20H2. The Morgan fingerprint density at radius 2 is 1.85 bits per heavy atom. The van der Waals surface area contributed by atoms with Crippen LogP contribution in [-0.2, 0) is 16.4 Å². The topological polar surface area (TPSA) is 92.5 Å². The molecule has 1 saturated carbocycles. The van der Waals surface area contributed by atoms with Gasteiger partial charge < -0.3 is 10.6 Å². The molecule has 4 rings (SSSR count). The summed E-state index contributed by atoms with van der Waals surface area (Å²) in [4.78, 5) is 14.9. The Morgan fingerprint density at radius 1 is 1.12 bits per heavy atom. The van der Waals surface area contributed by atoms with E-state index in [1.807, 2.05) is 18.2 Å². The van der Waals surface area contributed by atoms with Crippen LogP contribution in [0.15, 0.2) is 47.4 Å².